The van der Waals surface area contributed by atoms with Crippen molar-refractivity contribution < 1.29 is 14.3 Å². The van der Waals surface area contributed by atoms with Crippen LogP contribution in [0.4, 0.5) is 10.7 Å². The highest BCUT2D eigenvalue weighted by Gasteiger charge is 2.18. The zero-order chi connectivity index (χ0) is 17.8. The molecule has 8 heteroatoms. The number of imidazole rings is 1. The second-order valence-electron chi connectivity index (χ2n) is 4.92. The maximum absolute atomic E-state index is 11.5. The van der Waals surface area contributed by atoms with E-state index in [1.165, 1.54) is 11.7 Å². The number of benzene rings is 2. The van der Waals surface area contributed by atoms with Crippen LogP contribution in [0.3, 0.4) is 0 Å². The topological polar surface area (TPSA) is 113 Å². The number of carbonyl (C=O) groups is 1. The monoisotopic (exact) mass is 335 g/mol. The van der Waals surface area contributed by atoms with Gasteiger partial charge in [-0.15, -0.1) is 0 Å². The fraction of sp³-hybridized carbons (Fsp3) is 0.0588. The molecule has 0 unspecified atom stereocenters. The highest BCUT2D eigenvalue weighted by Crippen LogP contribution is 2.21. The highest BCUT2D eigenvalue weighted by molar-refractivity contribution is 5.95. The van der Waals surface area contributed by atoms with Crippen LogP contribution in [0.1, 0.15) is 5.56 Å². The van der Waals surface area contributed by atoms with E-state index in [0.717, 1.165) is 0 Å². The molecule has 0 saturated heterocycles. The van der Waals surface area contributed by atoms with Crippen molar-refractivity contribution in [2.45, 2.75) is 0 Å². The van der Waals surface area contributed by atoms with E-state index in [-0.39, 0.29) is 12.0 Å². The van der Waals surface area contributed by atoms with Crippen LogP contribution in [-0.2, 0) is 4.74 Å². The number of carbonyl (C=O) groups excluding carboxylic acids is 1. The number of para-hydroxylation sites is 2. The summed E-state index contributed by atoms with van der Waals surface area (Å²) in [6.45, 7) is 0. The fourth-order valence-electron chi connectivity index (χ4n) is 2.21. The third-order valence-corrected chi connectivity index (χ3v) is 3.36. The average Bonchev–Trinajstić information content (AvgIpc) is 3.00. The average molecular weight is 335 g/mol. The van der Waals surface area contributed by atoms with E-state index in [1.54, 1.807) is 48.5 Å². The molecule has 0 spiro atoms. The predicted octanol–water partition coefficient (Wildman–Crippen LogP) is 2.95. The standard InChI is InChI=1S/C17H13N5O3/c1-24-17(23)21-16-20-13-4-2-3-5-14(13)22(16)15(19)25-12-8-6-11(10-18)7-9-12/h2-9,19H,1H3,(H,20,21,23). The summed E-state index contributed by atoms with van der Waals surface area (Å²) in [5.41, 5.74) is 1.66. The first-order chi connectivity index (χ1) is 12.1. The minimum atomic E-state index is -0.706. The van der Waals surface area contributed by atoms with E-state index in [4.69, 9.17) is 15.4 Å². The van der Waals surface area contributed by atoms with Crippen molar-refractivity contribution in [1.82, 2.24) is 9.55 Å². The summed E-state index contributed by atoms with van der Waals surface area (Å²) in [4.78, 5) is 15.8. The molecule has 0 aliphatic heterocycles. The minimum Gasteiger partial charge on any atom is -0.453 e. The van der Waals surface area contributed by atoms with Gasteiger partial charge in [-0.2, -0.15) is 5.26 Å². The number of methoxy groups -OCH3 is 1. The van der Waals surface area contributed by atoms with Crippen molar-refractivity contribution >= 4 is 29.1 Å². The van der Waals surface area contributed by atoms with Gasteiger partial charge in [0.05, 0.1) is 29.8 Å². The molecule has 0 fully saturated rings. The lowest BCUT2D eigenvalue weighted by atomic mass is 10.2. The SMILES string of the molecule is COC(=O)Nc1nc2ccccc2n1C(=N)Oc1ccc(C#N)cc1. The van der Waals surface area contributed by atoms with E-state index in [1.807, 2.05) is 6.07 Å². The Morgan fingerprint density at radius 2 is 1.96 bits per heavy atom. The molecule has 0 saturated carbocycles. The Kier molecular flexibility index (Phi) is 4.30. The number of nitriles is 1. The Balaban J connectivity index is 1.97. The number of hydrogen-bond acceptors (Lipinski definition) is 6. The van der Waals surface area contributed by atoms with Gasteiger partial charge in [0, 0.05) is 0 Å². The second kappa shape index (κ2) is 6.72. The second-order valence-corrected chi connectivity index (χ2v) is 4.92. The predicted molar refractivity (Wildman–Crippen MR) is 90.7 cm³/mol. The Hall–Kier alpha value is -3.86. The van der Waals surface area contributed by atoms with Gasteiger partial charge in [-0.3, -0.25) is 10.7 Å². The van der Waals surface area contributed by atoms with Crippen LogP contribution in [0.25, 0.3) is 11.0 Å². The van der Waals surface area contributed by atoms with E-state index in [9.17, 15) is 4.79 Å². The van der Waals surface area contributed by atoms with Gasteiger partial charge in [-0.05, 0) is 36.4 Å². The van der Waals surface area contributed by atoms with Crippen molar-refractivity contribution in [3.8, 4) is 11.8 Å². The number of nitrogens with zero attached hydrogens (tertiary/aromatic N) is 3. The third kappa shape index (κ3) is 3.25. The minimum absolute atomic E-state index is 0.103. The lowest BCUT2D eigenvalue weighted by molar-refractivity contribution is 0.186. The van der Waals surface area contributed by atoms with Gasteiger partial charge in [0.15, 0.2) is 0 Å². The zero-order valence-electron chi connectivity index (χ0n) is 13.2. The van der Waals surface area contributed by atoms with Gasteiger partial charge in [-0.1, -0.05) is 12.1 Å². The Morgan fingerprint density at radius 3 is 2.64 bits per heavy atom. The summed E-state index contributed by atoms with van der Waals surface area (Å²) in [5.74, 6) is 0.484. The van der Waals surface area contributed by atoms with Crippen LogP contribution in [0, 0.1) is 16.7 Å². The smallest absolute Gasteiger partial charge is 0.413 e. The molecule has 3 aromatic rings. The summed E-state index contributed by atoms with van der Waals surface area (Å²) >= 11 is 0. The Labute approximate surface area is 142 Å². The van der Waals surface area contributed by atoms with Crippen LogP contribution in [0.5, 0.6) is 5.75 Å². The van der Waals surface area contributed by atoms with Crippen molar-refractivity contribution in [2.75, 3.05) is 12.4 Å². The molecule has 0 aliphatic rings. The number of hydrogen-bond donors (Lipinski definition) is 2. The Morgan fingerprint density at radius 1 is 1.24 bits per heavy atom. The van der Waals surface area contributed by atoms with Crippen molar-refractivity contribution in [3.05, 3.63) is 54.1 Å². The molecule has 25 heavy (non-hydrogen) atoms. The molecule has 0 bridgehead atoms. The number of ether oxygens (including phenoxy) is 2. The Bertz CT molecular complexity index is 986. The van der Waals surface area contributed by atoms with Crippen LogP contribution < -0.4 is 10.1 Å². The molecule has 2 N–H and O–H groups in total. The summed E-state index contributed by atoms with van der Waals surface area (Å²) in [6, 6.07) is 15.2. The highest BCUT2D eigenvalue weighted by atomic mass is 16.5. The van der Waals surface area contributed by atoms with E-state index in [0.29, 0.717) is 22.3 Å². The molecule has 1 heterocycles. The van der Waals surface area contributed by atoms with Gasteiger partial charge in [-0.25, -0.2) is 14.3 Å². The molecule has 124 valence electrons. The van der Waals surface area contributed by atoms with Gasteiger partial charge in [0.1, 0.15) is 5.75 Å². The molecule has 0 radical (unpaired) electrons. The lowest BCUT2D eigenvalue weighted by Gasteiger charge is -2.11. The van der Waals surface area contributed by atoms with Gasteiger partial charge in [0.25, 0.3) is 0 Å². The fourth-order valence-corrected chi connectivity index (χ4v) is 2.21. The van der Waals surface area contributed by atoms with Gasteiger partial charge in [0.2, 0.25) is 5.95 Å². The number of rotatable bonds is 2. The first-order valence-electron chi connectivity index (χ1n) is 7.22. The normalized spacial score (nSPS) is 10.1. The summed E-state index contributed by atoms with van der Waals surface area (Å²) in [5, 5.41) is 19.5. The molecule has 3 rings (SSSR count). The molecule has 0 atom stereocenters. The van der Waals surface area contributed by atoms with E-state index < -0.39 is 6.09 Å². The lowest BCUT2D eigenvalue weighted by Crippen LogP contribution is -2.23. The molecule has 0 aliphatic carbocycles. The summed E-state index contributed by atoms with van der Waals surface area (Å²) < 4.78 is 11.5. The largest absolute Gasteiger partial charge is 0.453 e. The van der Waals surface area contributed by atoms with Crippen LogP contribution in [-0.4, -0.2) is 28.8 Å². The molecule has 1 amide bonds. The van der Waals surface area contributed by atoms with Crippen LogP contribution in [0.2, 0.25) is 0 Å². The van der Waals surface area contributed by atoms with Crippen LogP contribution in [0.15, 0.2) is 48.5 Å². The van der Waals surface area contributed by atoms with E-state index >= 15 is 0 Å². The zero-order valence-corrected chi connectivity index (χ0v) is 13.2. The molecular formula is C17H13N5O3. The number of amides is 1. The number of fused-ring (bicyclic) bond motifs is 1. The van der Waals surface area contributed by atoms with Crippen LogP contribution >= 0.6 is 0 Å². The van der Waals surface area contributed by atoms with Crippen molar-refractivity contribution in [1.29, 1.82) is 10.7 Å². The first kappa shape index (κ1) is 16.0. The first-order valence-corrected chi connectivity index (χ1v) is 7.22. The summed E-state index contributed by atoms with van der Waals surface area (Å²) in [7, 11) is 1.24. The summed E-state index contributed by atoms with van der Waals surface area (Å²) in [6.07, 6.45) is -0.706. The van der Waals surface area contributed by atoms with Gasteiger partial charge < -0.3 is 9.47 Å². The molecule has 2 aromatic carbocycles. The molecule has 1 aromatic heterocycles. The third-order valence-electron chi connectivity index (χ3n) is 3.36. The number of anilines is 1. The van der Waals surface area contributed by atoms with E-state index in [2.05, 4.69) is 15.0 Å². The van der Waals surface area contributed by atoms with Gasteiger partial charge >= 0.3 is 12.1 Å². The number of nitrogens with one attached hydrogen (secondary N) is 2. The quantitative estimate of drug-likeness (QED) is 0.552. The maximum atomic E-state index is 11.5. The number of aromatic nitrogens is 2. The van der Waals surface area contributed by atoms with Crippen molar-refractivity contribution in [3.63, 3.8) is 0 Å². The molecule has 8 nitrogen and oxygen atoms in total. The molecular weight excluding hydrogens is 322 g/mol. The maximum Gasteiger partial charge on any atom is 0.413 e. The van der Waals surface area contributed by atoms with Crippen molar-refractivity contribution in [2.24, 2.45) is 0 Å².